The molecule has 0 radical (unpaired) electrons. The first-order valence-electron chi connectivity index (χ1n) is 10.3. The topological polar surface area (TPSA) is 100 Å². The summed E-state index contributed by atoms with van der Waals surface area (Å²) in [4.78, 5) is 24.6. The van der Waals surface area contributed by atoms with Gasteiger partial charge >= 0.3 is 0 Å². The second-order valence-corrected chi connectivity index (χ2v) is 7.77. The molecular formula is C24H24ClN3O4. The molecule has 32 heavy (non-hydrogen) atoms. The van der Waals surface area contributed by atoms with Gasteiger partial charge < -0.3 is 20.1 Å². The summed E-state index contributed by atoms with van der Waals surface area (Å²) < 4.78 is 10.9. The zero-order chi connectivity index (χ0) is 22.9. The van der Waals surface area contributed by atoms with Crippen LogP contribution in [0.2, 0.25) is 5.02 Å². The Labute approximate surface area is 192 Å². The van der Waals surface area contributed by atoms with Crippen molar-refractivity contribution in [3.63, 3.8) is 0 Å². The maximum absolute atomic E-state index is 12.4. The van der Waals surface area contributed by atoms with E-state index in [-0.39, 0.29) is 40.7 Å². The maximum atomic E-state index is 12.4. The Balaban J connectivity index is 1.70. The molecule has 166 valence electrons. The Bertz CT molecular complexity index is 1040. The highest BCUT2D eigenvalue weighted by Crippen LogP contribution is 2.37. The zero-order valence-corrected chi connectivity index (χ0v) is 18.4. The number of halogens is 1. The number of benzene rings is 2. The maximum Gasteiger partial charge on any atom is 0.262 e. The Morgan fingerprint density at radius 2 is 1.94 bits per heavy atom. The van der Waals surface area contributed by atoms with Crippen molar-refractivity contribution >= 4 is 35.2 Å². The fraction of sp³-hybridized carbons (Fsp3) is 0.292. The van der Waals surface area contributed by atoms with Crippen molar-refractivity contribution in [1.82, 2.24) is 5.32 Å². The number of amides is 2. The van der Waals surface area contributed by atoms with Gasteiger partial charge in [-0.2, -0.15) is 5.26 Å². The highest BCUT2D eigenvalue weighted by atomic mass is 35.5. The van der Waals surface area contributed by atoms with Crippen LogP contribution in [0.4, 0.5) is 5.69 Å². The molecule has 1 fully saturated rings. The van der Waals surface area contributed by atoms with Crippen LogP contribution in [-0.4, -0.2) is 31.6 Å². The third-order valence-corrected chi connectivity index (χ3v) is 5.30. The average Bonchev–Trinajstić information content (AvgIpc) is 3.30. The Hall–Kier alpha value is -3.50. The number of hydrogen-bond donors (Lipinski definition) is 2. The first-order chi connectivity index (χ1) is 15.5. The van der Waals surface area contributed by atoms with Gasteiger partial charge in [-0.1, -0.05) is 42.6 Å². The lowest BCUT2D eigenvalue weighted by molar-refractivity contribution is -0.118. The van der Waals surface area contributed by atoms with E-state index in [0.29, 0.717) is 11.3 Å². The van der Waals surface area contributed by atoms with Crippen LogP contribution in [0.5, 0.6) is 11.5 Å². The molecule has 2 aromatic rings. The number of nitrogens with zero attached hydrogens (tertiary/aromatic N) is 1. The molecule has 0 unspecified atom stereocenters. The molecule has 1 aliphatic rings. The van der Waals surface area contributed by atoms with Gasteiger partial charge in [-0.05, 0) is 48.7 Å². The van der Waals surface area contributed by atoms with Gasteiger partial charge in [0.15, 0.2) is 18.1 Å². The van der Waals surface area contributed by atoms with Crippen molar-refractivity contribution in [1.29, 1.82) is 5.26 Å². The van der Waals surface area contributed by atoms with Crippen LogP contribution in [0.1, 0.15) is 31.2 Å². The van der Waals surface area contributed by atoms with Crippen molar-refractivity contribution in [2.75, 3.05) is 19.0 Å². The molecule has 7 nitrogen and oxygen atoms in total. The van der Waals surface area contributed by atoms with Crippen LogP contribution in [0.15, 0.2) is 48.0 Å². The average molecular weight is 454 g/mol. The second kappa shape index (κ2) is 11.2. The SMILES string of the molecule is COc1cc(/C=C(/C#N)C(=O)NC2CCCC2)cc(Cl)c1OCC(=O)Nc1ccccc1. The van der Waals surface area contributed by atoms with Gasteiger partial charge in [-0.15, -0.1) is 0 Å². The van der Waals surface area contributed by atoms with E-state index in [1.54, 1.807) is 24.3 Å². The lowest BCUT2D eigenvalue weighted by atomic mass is 10.1. The standard InChI is InChI=1S/C24H24ClN3O4/c1-31-21-13-16(11-17(14-26)24(30)28-19-9-5-6-10-19)12-20(25)23(21)32-15-22(29)27-18-7-3-2-4-8-18/h2-4,7-8,11-13,19H,5-6,9-10,15H2,1H3,(H,27,29)(H,28,30)/b17-11-. The van der Waals surface area contributed by atoms with Crippen LogP contribution in [0, 0.1) is 11.3 Å². The minimum absolute atomic E-state index is 0.0223. The van der Waals surface area contributed by atoms with Crippen molar-refractivity contribution in [2.45, 2.75) is 31.7 Å². The summed E-state index contributed by atoms with van der Waals surface area (Å²) in [6.07, 6.45) is 5.45. The minimum Gasteiger partial charge on any atom is -0.493 e. The van der Waals surface area contributed by atoms with Gasteiger partial charge in [0.05, 0.1) is 12.1 Å². The van der Waals surface area contributed by atoms with Crippen LogP contribution in [-0.2, 0) is 9.59 Å². The zero-order valence-electron chi connectivity index (χ0n) is 17.7. The Morgan fingerprint density at radius 3 is 2.59 bits per heavy atom. The molecular weight excluding hydrogens is 430 g/mol. The van der Waals surface area contributed by atoms with Crippen LogP contribution in [0.25, 0.3) is 6.08 Å². The summed E-state index contributed by atoms with van der Waals surface area (Å²) in [7, 11) is 1.44. The molecule has 1 aliphatic carbocycles. The van der Waals surface area contributed by atoms with Crippen LogP contribution < -0.4 is 20.1 Å². The largest absolute Gasteiger partial charge is 0.493 e. The molecule has 0 bridgehead atoms. The van der Waals surface area contributed by atoms with Gasteiger partial charge in [0.1, 0.15) is 11.6 Å². The van der Waals surface area contributed by atoms with Gasteiger partial charge in [-0.3, -0.25) is 9.59 Å². The third-order valence-electron chi connectivity index (χ3n) is 5.02. The van der Waals surface area contributed by atoms with Crippen LogP contribution >= 0.6 is 11.6 Å². The molecule has 0 atom stereocenters. The number of rotatable bonds is 8. The van der Waals surface area contributed by atoms with Gasteiger partial charge in [0.25, 0.3) is 11.8 Å². The number of methoxy groups -OCH3 is 1. The second-order valence-electron chi connectivity index (χ2n) is 7.36. The first-order valence-corrected chi connectivity index (χ1v) is 10.7. The number of nitriles is 1. The number of nitrogens with one attached hydrogen (secondary N) is 2. The van der Waals surface area contributed by atoms with Crippen molar-refractivity contribution in [3.8, 4) is 17.6 Å². The van der Waals surface area contributed by atoms with Gasteiger partial charge in [0, 0.05) is 11.7 Å². The lowest BCUT2D eigenvalue weighted by Gasteiger charge is -2.14. The van der Waals surface area contributed by atoms with E-state index >= 15 is 0 Å². The number of ether oxygens (including phenoxy) is 2. The third kappa shape index (κ3) is 6.25. The Morgan fingerprint density at radius 1 is 1.22 bits per heavy atom. The molecule has 2 aromatic carbocycles. The number of carbonyl (C=O) groups is 2. The molecule has 0 saturated heterocycles. The molecule has 8 heteroatoms. The summed E-state index contributed by atoms with van der Waals surface area (Å²) in [5.74, 6) is -0.283. The van der Waals surface area contributed by atoms with Crippen molar-refractivity contribution in [2.24, 2.45) is 0 Å². The first kappa shape index (κ1) is 23.2. The van der Waals surface area contributed by atoms with Crippen LogP contribution in [0.3, 0.4) is 0 Å². The number of para-hydroxylation sites is 1. The summed E-state index contributed by atoms with van der Waals surface area (Å²) in [5.41, 5.74) is 1.14. The molecule has 0 aromatic heterocycles. The molecule has 2 N–H and O–H groups in total. The van der Waals surface area contributed by atoms with E-state index in [9.17, 15) is 14.9 Å². The highest BCUT2D eigenvalue weighted by Gasteiger charge is 2.20. The molecule has 3 rings (SSSR count). The monoisotopic (exact) mass is 453 g/mol. The highest BCUT2D eigenvalue weighted by molar-refractivity contribution is 6.32. The molecule has 1 saturated carbocycles. The van der Waals surface area contributed by atoms with Gasteiger partial charge in [0.2, 0.25) is 0 Å². The fourth-order valence-electron chi connectivity index (χ4n) is 3.47. The predicted octanol–water partition coefficient (Wildman–Crippen LogP) is 4.33. The minimum atomic E-state index is -0.410. The summed E-state index contributed by atoms with van der Waals surface area (Å²) >= 11 is 6.35. The summed E-state index contributed by atoms with van der Waals surface area (Å²) in [5, 5.41) is 15.2. The molecule has 2 amide bonds. The normalized spacial score (nSPS) is 13.8. The molecule has 0 heterocycles. The predicted molar refractivity (Wildman–Crippen MR) is 123 cm³/mol. The van der Waals surface area contributed by atoms with Crippen molar-refractivity contribution in [3.05, 3.63) is 58.6 Å². The van der Waals surface area contributed by atoms with Crippen molar-refractivity contribution < 1.29 is 19.1 Å². The smallest absolute Gasteiger partial charge is 0.262 e. The summed E-state index contributed by atoms with van der Waals surface area (Å²) in [6.45, 7) is -0.270. The van der Waals surface area contributed by atoms with E-state index < -0.39 is 5.91 Å². The van der Waals surface area contributed by atoms with Gasteiger partial charge in [-0.25, -0.2) is 0 Å². The molecule has 0 spiro atoms. The lowest BCUT2D eigenvalue weighted by Crippen LogP contribution is -2.33. The Kier molecular flexibility index (Phi) is 8.12. The van der Waals surface area contributed by atoms with E-state index in [0.717, 1.165) is 25.7 Å². The van der Waals surface area contributed by atoms with E-state index in [1.165, 1.54) is 13.2 Å². The number of anilines is 1. The van der Waals surface area contributed by atoms with E-state index in [2.05, 4.69) is 10.6 Å². The van der Waals surface area contributed by atoms with E-state index in [4.69, 9.17) is 21.1 Å². The quantitative estimate of drug-likeness (QED) is 0.457. The summed E-state index contributed by atoms with van der Waals surface area (Å²) in [6, 6.07) is 14.2. The molecule has 0 aliphatic heterocycles. The number of carbonyl (C=O) groups excluding carboxylic acids is 2. The van der Waals surface area contributed by atoms with E-state index in [1.807, 2.05) is 24.3 Å². The number of hydrogen-bond acceptors (Lipinski definition) is 5. The fourth-order valence-corrected chi connectivity index (χ4v) is 3.74.